The van der Waals surface area contributed by atoms with E-state index in [1.807, 2.05) is 26.1 Å². The quantitative estimate of drug-likeness (QED) is 0.774. The van der Waals surface area contributed by atoms with Gasteiger partial charge in [0.25, 0.3) is 10.0 Å². The molecule has 1 aromatic carbocycles. The van der Waals surface area contributed by atoms with Crippen LogP contribution in [0.25, 0.3) is 0 Å². The van der Waals surface area contributed by atoms with Gasteiger partial charge >= 0.3 is 0 Å². The predicted molar refractivity (Wildman–Crippen MR) is 73.3 cm³/mol. The second kappa shape index (κ2) is 5.41. The van der Waals surface area contributed by atoms with Crippen molar-refractivity contribution in [2.45, 2.75) is 18.0 Å². The van der Waals surface area contributed by atoms with Crippen molar-refractivity contribution in [3.05, 3.63) is 42.4 Å². The average molecular weight is 280 g/mol. The van der Waals surface area contributed by atoms with Gasteiger partial charge in [0.2, 0.25) is 0 Å². The van der Waals surface area contributed by atoms with E-state index in [1.165, 1.54) is 12.5 Å². The summed E-state index contributed by atoms with van der Waals surface area (Å²) in [7, 11) is -1.72. The number of sulfonamides is 1. The molecule has 1 aromatic heterocycles. The van der Waals surface area contributed by atoms with Crippen LogP contribution in [-0.2, 0) is 10.0 Å². The molecule has 0 aliphatic rings. The lowest BCUT2D eigenvalue weighted by molar-refractivity contribution is 0.598. The largest absolute Gasteiger partial charge is 0.334 e. The number of benzene rings is 1. The molecule has 0 bridgehead atoms. The smallest absolute Gasteiger partial charge is 0.278 e. The molecule has 3 N–H and O–H groups in total. The van der Waals surface area contributed by atoms with Crippen molar-refractivity contribution in [2.24, 2.45) is 0 Å². The van der Waals surface area contributed by atoms with Crippen molar-refractivity contribution in [3.8, 4) is 0 Å². The monoisotopic (exact) mass is 280 g/mol. The number of aromatic nitrogens is 2. The molecule has 0 saturated carbocycles. The van der Waals surface area contributed by atoms with Crippen molar-refractivity contribution < 1.29 is 8.42 Å². The summed E-state index contributed by atoms with van der Waals surface area (Å²) in [6.07, 6.45) is 2.59. The standard InChI is InChI=1S/C12H16N4O2S/c1-9(13-2)10-3-5-11(6-4-10)16-19(17,18)12-7-14-8-15-12/h3-9,13,16H,1-2H3,(H,14,15). The van der Waals surface area contributed by atoms with Gasteiger partial charge in [0.05, 0.1) is 12.5 Å². The van der Waals surface area contributed by atoms with Gasteiger partial charge in [-0.3, -0.25) is 4.72 Å². The molecule has 0 saturated heterocycles. The second-order valence-electron chi connectivity index (χ2n) is 4.15. The fraction of sp³-hybridized carbons (Fsp3) is 0.250. The zero-order valence-electron chi connectivity index (χ0n) is 10.7. The fourth-order valence-electron chi connectivity index (χ4n) is 1.61. The number of H-pyrrole nitrogens is 1. The zero-order chi connectivity index (χ0) is 13.9. The summed E-state index contributed by atoms with van der Waals surface area (Å²) in [5, 5.41) is 3.16. The van der Waals surface area contributed by atoms with Crippen LogP contribution < -0.4 is 10.0 Å². The van der Waals surface area contributed by atoms with Gasteiger partial charge < -0.3 is 10.3 Å². The highest BCUT2D eigenvalue weighted by molar-refractivity contribution is 7.92. The van der Waals surface area contributed by atoms with E-state index < -0.39 is 10.0 Å². The Morgan fingerprint density at radius 3 is 2.47 bits per heavy atom. The van der Waals surface area contributed by atoms with E-state index >= 15 is 0 Å². The highest BCUT2D eigenvalue weighted by Gasteiger charge is 2.15. The molecule has 102 valence electrons. The lowest BCUT2D eigenvalue weighted by Gasteiger charge is -2.11. The number of nitrogens with one attached hydrogen (secondary N) is 3. The van der Waals surface area contributed by atoms with E-state index in [4.69, 9.17) is 0 Å². The van der Waals surface area contributed by atoms with Gasteiger partial charge in [0.1, 0.15) is 0 Å². The van der Waals surface area contributed by atoms with Crippen LogP contribution in [0, 0.1) is 0 Å². The third-order valence-electron chi connectivity index (χ3n) is 2.86. The van der Waals surface area contributed by atoms with Gasteiger partial charge in [-0.25, -0.2) is 4.98 Å². The highest BCUT2D eigenvalue weighted by atomic mass is 32.2. The molecule has 19 heavy (non-hydrogen) atoms. The molecule has 0 radical (unpaired) electrons. The van der Waals surface area contributed by atoms with Gasteiger partial charge in [-0.2, -0.15) is 8.42 Å². The third-order valence-corrected chi connectivity index (χ3v) is 4.17. The molecular weight excluding hydrogens is 264 g/mol. The zero-order valence-corrected chi connectivity index (χ0v) is 11.5. The van der Waals surface area contributed by atoms with E-state index in [1.54, 1.807) is 12.1 Å². The van der Waals surface area contributed by atoms with Crippen molar-refractivity contribution in [1.82, 2.24) is 15.3 Å². The van der Waals surface area contributed by atoms with Crippen LogP contribution in [0.15, 0.2) is 41.8 Å². The number of aromatic amines is 1. The Labute approximate surface area is 112 Å². The molecule has 1 atom stereocenters. The highest BCUT2D eigenvalue weighted by Crippen LogP contribution is 2.18. The van der Waals surface area contributed by atoms with Gasteiger partial charge in [0, 0.05) is 11.7 Å². The van der Waals surface area contributed by atoms with Crippen LogP contribution in [-0.4, -0.2) is 25.4 Å². The Balaban J connectivity index is 2.16. The van der Waals surface area contributed by atoms with Crippen molar-refractivity contribution in [1.29, 1.82) is 0 Å². The minimum absolute atomic E-state index is 0.0418. The van der Waals surface area contributed by atoms with Crippen molar-refractivity contribution in [3.63, 3.8) is 0 Å². The summed E-state index contributed by atoms with van der Waals surface area (Å²) in [6, 6.07) is 7.45. The van der Waals surface area contributed by atoms with Gasteiger partial charge in [0.15, 0.2) is 5.03 Å². The Kier molecular flexibility index (Phi) is 3.87. The SMILES string of the molecule is CNC(C)c1ccc(NS(=O)(=O)c2cnc[nH]2)cc1. The first-order valence-corrected chi connectivity index (χ1v) is 7.29. The Bertz CT molecular complexity index is 620. The molecule has 1 heterocycles. The van der Waals surface area contributed by atoms with Crippen LogP contribution in [0.2, 0.25) is 0 Å². The summed E-state index contributed by atoms with van der Waals surface area (Å²) >= 11 is 0. The maximum Gasteiger partial charge on any atom is 0.278 e. The summed E-state index contributed by atoms with van der Waals surface area (Å²) in [5.74, 6) is 0. The molecule has 1 unspecified atom stereocenters. The maximum atomic E-state index is 11.9. The molecule has 6 nitrogen and oxygen atoms in total. The maximum absolute atomic E-state index is 11.9. The number of rotatable bonds is 5. The number of anilines is 1. The topological polar surface area (TPSA) is 86.9 Å². The van der Waals surface area contributed by atoms with Crippen LogP contribution in [0.4, 0.5) is 5.69 Å². The van der Waals surface area contributed by atoms with Crippen LogP contribution >= 0.6 is 0 Å². The molecule has 0 aliphatic carbocycles. The van der Waals surface area contributed by atoms with Gasteiger partial charge in [-0.1, -0.05) is 12.1 Å². The number of hydrogen-bond acceptors (Lipinski definition) is 4. The lowest BCUT2D eigenvalue weighted by Crippen LogP contribution is -2.14. The molecule has 2 rings (SSSR count). The molecule has 0 fully saturated rings. The molecule has 0 aliphatic heterocycles. The third kappa shape index (κ3) is 3.12. The van der Waals surface area contributed by atoms with E-state index in [9.17, 15) is 8.42 Å². The Hall–Kier alpha value is -1.86. The number of imidazole rings is 1. The van der Waals surface area contributed by atoms with Gasteiger partial charge in [-0.15, -0.1) is 0 Å². The number of hydrogen-bond donors (Lipinski definition) is 3. The van der Waals surface area contributed by atoms with E-state index in [2.05, 4.69) is 20.0 Å². The first-order chi connectivity index (χ1) is 9.03. The average Bonchev–Trinajstić information content (AvgIpc) is 2.93. The summed E-state index contributed by atoms with van der Waals surface area (Å²) < 4.78 is 26.4. The molecular formula is C12H16N4O2S. The lowest BCUT2D eigenvalue weighted by atomic mass is 10.1. The molecule has 0 amide bonds. The van der Waals surface area contributed by atoms with Crippen molar-refractivity contribution >= 4 is 15.7 Å². The Morgan fingerprint density at radius 1 is 1.26 bits per heavy atom. The summed E-state index contributed by atoms with van der Waals surface area (Å²) in [5.41, 5.74) is 1.61. The minimum Gasteiger partial charge on any atom is -0.334 e. The number of nitrogens with zero attached hydrogens (tertiary/aromatic N) is 1. The fourth-order valence-corrected chi connectivity index (χ4v) is 2.57. The minimum atomic E-state index is -3.59. The molecule has 2 aromatic rings. The summed E-state index contributed by atoms with van der Waals surface area (Å²) in [6.45, 7) is 2.03. The van der Waals surface area contributed by atoms with E-state index in [0.717, 1.165) is 5.56 Å². The van der Waals surface area contributed by atoms with E-state index in [0.29, 0.717) is 5.69 Å². The predicted octanol–water partition coefficient (Wildman–Crippen LogP) is 1.49. The normalized spacial score (nSPS) is 13.2. The molecule has 7 heteroatoms. The summed E-state index contributed by atoms with van der Waals surface area (Å²) in [4.78, 5) is 6.26. The second-order valence-corrected chi connectivity index (χ2v) is 5.80. The van der Waals surface area contributed by atoms with E-state index in [-0.39, 0.29) is 11.1 Å². The first-order valence-electron chi connectivity index (χ1n) is 5.81. The van der Waals surface area contributed by atoms with Crippen LogP contribution in [0.1, 0.15) is 18.5 Å². The van der Waals surface area contributed by atoms with Crippen LogP contribution in [0.5, 0.6) is 0 Å². The van der Waals surface area contributed by atoms with Crippen molar-refractivity contribution in [2.75, 3.05) is 11.8 Å². The van der Waals surface area contributed by atoms with Gasteiger partial charge in [-0.05, 0) is 31.7 Å². The first kappa shape index (κ1) is 13.6. The van der Waals surface area contributed by atoms with Crippen LogP contribution in [0.3, 0.4) is 0 Å². The Morgan fingerprint density at radius 2 is 1.95 bits per heavy atom. The molecule has 0 spiro atoms.